The molecule has 2 aromatic rings. The number of carbonyl (C=O) groups is 1. The molecule has 130 valence electrons. The lowest BCUT2D eigenvalue weighted by Gasteiger charge is -2.40. The van der Waals surface area contributed by atoms with Crippen LogP contribution in [0.4, 0.5) is 5.69 Å². The second kappa shape index (κ2) is 6.01. The van der Waals surface area contributed by atoms with Crippen LogP contribution in [0.1, 0.15) is 18.0 Å². The maximum Gasteiger partial charge on any atom is 0.262 e. The second-order valence-corrected chi connectivity index (χ2v) is 8.21. The van der Waals surface area contributed by atoms with Crippen LogP contribution in [0.25, 0.3) is 0 Å². The van der Waals surface area contributed by atoms with Crippen LogP contribution in [0.2, 0.25) is 5.02 Å². The second-order valence-electron chi connectivity index (χ2n) is 5.95. The zero-order chi connectivity index (χ0) is 17.6. The van der Waals surface area contributed by atoms with E-state index in [1.807, 2.05) is 30.3 Å². The molecule has 0 saturated carbocycles. The number of nitrogens with zero attached hydrogens (tertiary/aromatic N) is 1. The molecule has 1 atom stereocenters. The Morgan fingerprint density at radius 2 is 1.96 bits per heavy atom. The van der Waals surface area contributed by atoms with E-state index in [0.717, 1.165) is 12.0 Å². The predicted octanol–water partition coefficient (Wildman–Crippen LogP) is 2.81. The van der Waals surface area contributed by atoms with Gasteiger partial charge in [-0.3, -0.25) is 4.79 Å². The van der Waals surface area contributed by atoms with Gasteiger partial charge in [-0.2, -0.15) is 4.31 Å². The van der Waals surface area contributed by atoms with Crippen LogP contribution in [-0.4, -0.2) is 31.8 Å². The molecule has 2 heterocycles. The van der Waals surface area contributed by atoms with E-state index in [4.69, 9.17) is 16.3 Å². The van der Waals surface area contributed by atoms with Crippen LogP contribution in [0.5, 0.6) is 5.75 Å². The van der Waals surface area contributed by atoms with Gasteiger partial charge in [0, 0.05) is 12.6 Å². The first-order valence-corrected chi connectivity index (χ1v) is 9.61. The van der Waals surface area contributed by atoms with Gasteiger partial charge in [-0.15, -0.1) is 0 Å². The molecule has 0 spiro atoms. The normalized spacial score (nSPS) is 20.2. The Balaban J connectivity index is 1.70. The lowest BCUT2D eigenvalue weighted by Crippen LogP contribution is -2.45. The SMILES string of the molecule is O=C1COc2cc(S(=O)(=O)N3CCC3c3ccccc3)c(Cl)cc2N1. The summed E-state index contributed by atoms with van der Waals surface area (Å²) in [6, 6.07) is 12.1. The Morgan fingerprint density at radius 3 is 2.64 bits per heavy atom. The monoisotopic (exact) mass is 378 g/mol. The molecule has 0 aliphatic carbocycles. The number of sulfonamides is 1. The van der Waals surface area contributed by atoms with Gasteiger partial charge in [0.2, 0.25) is 10.0 Å². The number of ether oxygens (including phenoxy) is 1. The van der Waals surface area contributed by atoms with Crippen LogP contribution >= 0.6 is 11.6 Å². The number of anilines is 1. The minimum absolute atomic E-state index is 0.00954. The molecule has 0 bridgehead atoms. The molecule has 25 heavy (non-hydrogen) atoms. The summed E-state index contributed by atoms with van der Waals surface area (Å²) in [4.78, 5) is 11.4. The summed E-state index contributed by atoms with van der Waals surface area (Å²) >= 11 is 6.20. The Bertz CT molecular complexity index is 947. The molecule has 2 aliphatic heterocycles. The number of hydrogen-bond donors (Lipinski definition) is 1. The van der Waals surface area contributed by atoms with Gasteiger partial charge in [0.15, 0.2) is 6.61 Å². The Hall–Kier alpha value is -2.09. The minimum atomic E-state index is -3.77. The molecule has 1 N–H and O–H groups in total. The van der Waals surface area contributed by atoms with Crippen molar-refractivity contribution in [2.45, 2.75) is 17.4 Å². The van der Waals surface area contributed by atoms with Crippen molar-refractivity contribution in [3.8, 4) is 5.75 Å². The third-order valence-electron chi connectivity index (χ3n) is 4.41. The maximum atomic E-state index is 13.1. The summed E-state index contributed by atoms with van der Waals surface area (Å²) < 4.78 is 32.9. The topological polar surface area (TPSA) is 75.7 Å². The molecule has 0 radical (unpaired) electrons. The summed E-state index contributed by atoms with van der Waals surface area (Å²) in [7, 11) is -3.77. The molecule has 8 heteroatoms. The van der Waals surface area contributed by atoms with Gasteiger partial charge in [-0.25, -0.2) is 8.42 Å². The number of benzene rings is 2. The molecule has 6 nitrogen and oxygen atoms in total. The lowest BCUT2D eigenvalue weighted by atomic mass is 9.98. The smallest absolute Gasteiger partial charge is 0.262 e. The van der Waals surface area contributed by atoms with Crippen LogP contribution in [0, 0.1) is 0 Å². The zero-order valence-corrected chi connectivity index (χ0v) is 14.7. The van der Waals surface area contributed by atoms with Crippen molar-refractivity contribution in [2.75, 3.05) is 18.5 Å². The van der Waals surface area contributed by atoms with Crippen LogP contribution in [-0.2, 0) is 14.8 Å². The number of hydrogen-bond acceptors (Lipinski definition) is 4. The van der Waals surface area contributed by atoms with Crippen molar-refractivity contribution in [2.24, 2.45) is 0 Å². The van der Waals surface area contributed by atoms with Crippen molar-refractivity contribution >= 4 is 33.2 Å². The first-order valence-electron chi connectivity index (χ1n) is 7.80. The highest BCUT2D eigenvalue weighted by Crippen LogP contribution is 2.42. The molecule has 1 fully saturated rings. The van der Waals surface area contributed by atoms with Crippen molar-refractivity contribution in [1.29, 1.82) is 0 Å². The minimum Gasteiger partial charge on any atom is -0.482 e. The lowest BCUT2D eigenvalue weighted by molar-refractivity contribution is -0.118. The largest absolute Gasteiger partial charge is 0.482 e. The Morgan fingerprint density at radius 1 is 1.20 bits per heavy atom. The van der Waals surface area contributed by atoms with Crippen molar-refractivity contribution in [1.82, 2.24) is 4.31 Å². The number of halogens is 1. The van der Waals surface area contributed by atoms with Gasteiger partial charge in [0.05, 0.1) is 16.8 Å². The van der Waals surface area contributed by atoms with E-state index in [1.54, 1.807) is 0 Å². The standard InChI is InChI=1S/C17H15ClN2O4S/c18-12-8-13-15(24-10-17(21)19-13)9-16(12)25(22,23)20-7-6-14(20)11-4-2-1-3-5-11/h1-5,8-9,14H,6-7,10H2,(H,19,21). The van der Waals surface area contributed by atoms with E-state index < -0.39 is 10.0 Å². The van der Waals surface area contributed by atoms with Gasteiger partial charge in [0.25, 0.3) is 5.91 Å². The fraction of sp³-hybridized carbons (Fsp3) is 0.235. The molecule has 0 aromatic heterocycles. The van der Waals surface area contributed by atoms with E-state index >= 15 is 0 Å². The summed E-state index contributed by atoms with van der Waals surface area (Å²) in [5.41, 5.74) is 1.33. The third-order valence-corrected chi connectivity index (χ3v) is 6.78. The number of rotatable bonds is 3. The first kappa shape index (κ1) is 16.4. The molecular formula is C17H15ClN2O4S. The van der Waals surface area contributed by atoms with Crippen LogP contribution in [0.3, 0.4) is 0 Å². The number of carbonyl (C=O) groups excluding carboxylic acids is 1. The van der Waals surface area contributed by atoms with Gasteiger partial charge < -0.3 is 10.1 Å². The highest BCUT2D eigenvalue weighted by molar-refractivity contribution is 7.89. The zero-order valence-electron chi connectivity index (χ0n) is 13.1. The molecule has 1 saturated heterocycles. The molecular weight excluding hydrogens is 364 g/mol. The van der Waals surface area contributed by atoms with Gasteiger partial charge in [-0.05, 0) is 18.1 Å². The highest BCUT2D eigenvalue weighted by atomic mass is 35.5. The van der Waals surface area contributed by atoms with E-state index in [0.29, 0.717) is 18.0 Å². The number of nitrogens with one attached hydrogen (secondary N) is 1. The molecule has 4 rings (SSSR count). The van der Waals surface area contributed by atoms with Crippen LogP contribution in [0.15, 0.2) is 47.4 Å². The van der Waals surface area contributed by atoms with Crippen molar-refractivity contribution in [3.63, 3.8) is 0 Å². The fourth-order valence-corrected chi connectivity index (χ4v) is 5.24. The number of fused-ring (bicyclic) bond motifs is 1. The summed E-state index contributed by atoms with van der Waals surface area (Å²) in [5.74, 6) is 0.00502. The summed E-state index contributed by atoms with van der Waals surface area (Å²) in [6.07, 6.45) is 0.762. The van der Waals surface area contributed by atoms with Crippen molar-refractivity contribution < 1.29 is 17.9 Å². The van der Waals surface area contributed by atoms with Crippen molar-refractivity contribution in [3.05, 3.63) is 53.1 Å². The Labute approximate surface area is 150 Å². The average Bonchev–Trinajstić information content (AvgIpc) is 2.53. The average molecular weight is 379 g/mol. The molecule has 2 aromatic carbocycles. The van der Waals surface area contributed by atoms with Gasteiger partial charge >= 0.3 is 0 Å². The van der Waals surface area contributed by atoms with E-state index in [2.05, 4.69) is 5.32 Å². The predicted molar refractivity (Wildman–Crippen MR) is 93.3 cm³/mol. The summed E-state index contributed by atoms with van der Waals surface area (Å²) in [5, 5.41) is 2.67. The first-order chi connectivity index (χ1) is 12.0. The van der Waals surface area contributed by atoms with Gasteiger partial charge in [0.1, 0.15) is 10.6 Å². The Kier molecular flexibility index (Phi) is 3.94. The van der Waals surface area contributed by atoms with E-state index in [-0.39, 0.29) is 28.5 Å². The molecule has 1 unspecified atom stereocenters. The molecule has 1 amide bonds. The van der Waals surface area contributed by atoms with Gasteiger partial charge in [-0.1, -0.05) is 41.9 Å². The highest BCUT2D eigenvalue weighted by Gasteiger charge is 2.40. The summed E-state index contributed by atoms with van der Waals surface area (Å²) in [6.45, 7) is 0.289. The third kappa shape index (κ3) is 2.78. The van der Waals surface area contributed by atoms with E-state index in [9.17, 15) is 13.2 Å². The van der Waals surface area contributed by atoms with Crippen LogP contribution < -0.4 is 10.1 Å². The quantitative estimate of drug-likeness (QED) is 0.891. The number of amides is 1. The molecule has 2 aliphatic rings. The van der Waals surface area contributed by atoms with E-state index in [1.165, 1.54) is 16.4 Å². The maximum absolute atomic E-state index is 13.1. The fourth-order valence-electron chi connectivity index (χ4n) is 3.06.